The van der Waals surface area contributed by atoms with E-state index in [-0.39, 0.29) is 18.0 Å². The number of aromatic nitrogens is 1. The van der Waals surface area contributed by atoms with Crippen molar-refractivity contribution in [3.8, 4) is 17.0 Å². The van der Waals surface area contributed by atoms with Crippen molar-refractivity contribution >= 4 is 27.3 Å². The number of ketones is 1. The second-order valence-electron chi connectivity index (χ2n) is 7.18. The number of hydrogen-bond donors (Lipinski definition) is 1. The van der Waals surface area contributed by atoms with Crippen molar-refractivity contribution in [2.75, 3.05) is 6.61 Å². The summed E-state index contributed by atoms with van der Waals surface area (Å²) in [4.78, 5) is 16.7. The van der Waals surface area contributed by atoms with E-state index in [9.17, 15) is 4.79 Å². The zero-order chi connectivity index (χ0) is 18.8. The van der Waals surface area contributed by atoms with E-state index in [1.165, 1.54) is 0 Å². The van der Waals surface area contributed by atoms with Gasteiger partial charge in [0.15, 0.2) is 12.1 Å². The maximum Gasteiger partial charge on any atom is 0.199 e. The number of H-pyrrole nitrogens is 1. The highest BCUT2D eigenvalue weighted by molar-refractivity contribution is 7.20. The molecule has 1 saturated heterocycles. The molecule has 1 N–H and O–H groups in total. The van der Waals surface area contributed by atoms with Crippen molar-refractivity contribution in [3.63, 3.8) is 0 Å². The minimum Gasteiger partial charge on any atom is -0.465 e. The molecule has 1 aromatic carbocycles. The number of nitrogens with one attached hydrogen (secondary N) is 1. The van der Waals surface area contributed by atoms with Crippen LogP contribution in [0.25, 0.3) is 21.5 Å². The van der Waals surface area contributed by atoms with E-state index in [1.807, 2.05) is 32.0 Å². The SMILES string of the molecule is CCC(C)C(=O)c1cc2[nH]c(-c3ccc(OC4CCCCO4)cc3)cc2s1. The first-order chi connectivity index (χ1) is 13.1. The lowest BCUT2D eigenvalue weighted by atomic mass is 10.0. The molecular formula is C22H25NO3S. The molecule has 0 amide bonds. The van der Waals surface area contributed by atoms with Crippen LogP contribution in [0.1, 0.15) is 49.2 Å². The van der Waals surface area contributed by atoms with Crippen LogP contribution in [0.2, 0.25) is 0 Å². The van der Waals surface area contributed by atoms with Gasteiger partial charge in [-0.15, -0.1) is 11.3 Å². The second kappa shape index (κ2) is 7.87. The lowest BCUT2D eigenvalue weighted by Crippen LogP contribution is -2.24. The standard InChI is InChI=1S/C22H25NO3S/c1-3-14(2)22(24)20-13-18-19(27-20)12-17(23-18)15-7-9-16(10-8-15)26-21-6-4-5-11-25-21/h7-10,12-14,21,23H,3-6,11H2,1-2H3. The van der Waals surface area contributed by atoms with Gasteiger partial charge in [-0.1, -0.05) is 13.8 Å². The van der Waals surface area contributed by atoms with Gasteiger partial charge in [-0.2, -0.15) is 0 Å². The largest absolute Gasteiger partial charge is 0.465 e. The molecule has 27 heavy (non-hydrogen) atoms. The van der Waals surface area contributed by atoms with Crippen molar-refractivity contribution in [1.82, 2.24) is 4.98 Å². The van der Waals surface area contributed by atoms with E-state index >= 15 is 0 Å². The van der Waals surface area contributed by atoms with Crippen LogP contribution < -0.4 is 4.74 Å². The topological polar surface area (TPSA) is 51.3 Å². The summed E-state index contributed by atoms with van der Waals surface area (Å²) in [7, 11) is 0. The predicted octanol–water partition coefficient (Wildman–Crippen LogP) is 6.03. The van der Waals surface area contributed by atoms with E-state index in [0.717, 1.165) is 64.4 Å². The molecule has 2 aromatic heterocycles. The van der Waals surface area contributed by atoms with Crippen LogP contribution >= 0.6 is 11.3 Å². The first-order valence-corrected chi connectivity index (χ1v) is 10.5. The van der Waals surface area contributed by atoms with Gasteiger partial charge in [0.1, 0.15) is 5.75 Å². The molecule has 1 aliphatic heterocycles. The summed E-state index contributed by atoms with van der Waals surface area (Å²) in [6.45, 7) is 4.82. The summed E-state index contributed by atoms with van der Waals surface area (Å²) >= 11 is 1.57. The molecule has 0 spiro atoms. The van der Waals surface area contributed by atoms with Crippen molar-refractivity contribution in [3.05, 3.63) is 41.3 Å². The Morgan fingerprint density at radius 2 is 2.11 bits per heavy atom. The maximum absolute atomic E-state index is 12.4. The van der Waals surface area contributed by atoms with Gasteiger partial charge in [-0.3, -0.25) is 4.79 Å². The van der Waals surface area contributed by atoms with Crippen LogP contribution in [0.4, 0.5) is 0 Å². The molecule has 3 heterocycles. The van der Waals surface area contributed by atoms with Gasteiger partial charge >= 0.3 is 0 Å². The summed E-state index contributed by atoms with van der Waals surface area (Å²) in [5.74, 6) is 1.15. The number of carbonyl (C=O) groups excluding carboxylic acids is 1. The van der Waals surface area contributed by atoms with Crippen LogP contribution in [-0.2, 0) is 4.74 Å². The van der Waals surface area contributed by atoms with Crippen molar-refractivity contribution in [2.45, 2.75) is 45.8 Å². The third-order valence-corrected chi connectivity index (χ3v) is 6.28. The number of benzene rings is 1. The Morgan fingerprint density at radius 3 is 2.78 bits per heavy atom. The minimum absolute atomic E-state index is 0.0768. The Balaban J connectivity index is 1.48. The lowest BCUT2D eigenvalue weighted by Gasteiger charge is -2.23. The summed E-state index contributed by atoms with van der Waals surface area (Å²) < 4.78 is 12.6. The Hall–Kier alpha value is -2.11. The van der Waals surface area contributed by atoms with E-state index in [4.69, 9.17) is 9.47 Å². The Kier molecular flexibility index (Phi) is 5.32. The third kappa shape index (κ3) is 3.94. The van der Waals surface area contributed by atoms with E-state index < -0.39 is 0 Å². The smallest absolute Gasteiger partial charge is 0.199 e. The molecule has 1 fully saturated rings. The maximum atomic E-state index is 12.4. The van der Waals surface area contributed by atoms with Gasteiger partial charge in [-0.25, -0.2) is 0 Å². The summed E-state index contributed by atoms with van der Waals surface area (Å²) in [5.41, 5.74) is 3.18. The second-order valence-corrected chi connectivity index (χ2v) is 8.27. The van der Waals surface area contributed by atoms with Crippen LogP contribution in [0.3, 0.4) is 0 Å². The Morgan fingerprint density at radius 1 is 1.30 bits per heavy atom. The van der Waals surface area contributed by atoms with E-state index in [0.29, 0.717) is 0 Å². The number of hydrogen-bond acceptors (Lipinski definition) is 4. The first-order valence-electron chi connectivity index (χ1n) is 9.69. The highest BCUT2D eigenvalue weighted by atomic mass is 32.1. The molecule has 4 rings (SSSR count). The molecular weight excluding hydrogens is 358 g/mol. The number of carbonyl (C=O) groups is 1. The highest BCUT2D eigenvalue weighted by Gasteiger charge is 2.18. The minimum atomic E-state index is -0.123. The monoisotopic (exact) mass is 383 g/mol. The zero-order valence-corrected chi connectivity index (χ0v) is 16.6. The zero-order valence-electron chi connectivity index (χ0n) is 15.8. The first kappa shape index (κ1) is 18.3. The van der Waals surface area contributed by atoms with Crippen LogP contribution in [0.5, 0.6) is 5.75 Å². The third-order valence-electron chi connectivity index (χ3n) is 5.18. The molecule has 2 unspecified atom stereocenters. The number of rotatable bonds is 6. The molecule has 0 aliphatic carbocycles. The van der Waals surface area contributed by atoms with Crippen LogP contribution in [0, 0.1) is 5.92 Å². The molecule has 4 nitrogen and oxygen atoms in total. The van der Waals surface area contributed by atoms with E-state index in [2.05, 4.69) is 23.2 Å². The molecule has 142 valence electrons. The van der Waals surface area contributed by atoms with Crippen LogP contribution in [0.15, 0.2) is 36.4 Å². The van der Waals surface area contributed by atoms with Gasteiger partial charge < -0.3 is 14.5 Å². The average molecular weight is 384 g/mol. The number of Topliss-reactive ketones (excluding diaryl/α,β-unsaturated/α-hetero) is 1. The summed E-state index contributed by atoms with van der Waals surface area (Å²) in [6, 6.07) is 12.2. The highest BCUT2D eigenvalue weighted by Crippen LogP contribution is 2.32. The van der Waals surface area contributed by atoms with Crippen LogP contribution in [-0.4, -0.2) is 23.7 Å². The van der Waals surface area contributed by atoms with Gasteiger partial charge in [-0.05, 0) is 61.2 Å². The van der Waals surface area contributed by atoms with Crippen molar-refractivity contribution in [2.24, 2.45) is 5.92 Å². The number of ether oxygens (including phenoxy) is 2. The van der Waals surface area contributed by atoms with Gasteiger partial charge in [0.25, 0.3) is 0 Å². The molecule has 2 atom stereocenters. The predicted molar refractivity (Wildman–Crippen MR) is 110 cm³/mol. The van der Waals surface area contributed by atoms with E-state index in [1.54, 1.807) is 11.3 Å². The number of fused-ring (bicyclic) bond motifs is 1. The molecule has 0 bridgehead atoms. The van der Waals surface area contributed by atoms with Gasteiger partial charge in [0.2, 0.25) is 0 Å². The summed E-state index contributed by atoms with van der Waals surface area (Å²) in [5, 5.41) is 0. The fourth-order valence-corrected chi connectivity index (χ4v) is 4.41. The molecule has 0 saturated carbocycles. The number of thiophene rings is 1. The Labute approximate surface area is 163 Å². The van der Waals surface area contributed by atoms with Crippen molar-refractivity contribution < 1.29 is 14.3 Å². The molecule has 0 radical (unpaired) electrons. The van der Waals surface area contributed by atoms with Crippen molar-refractivity contribution in [1.29, 1.82) is 0 Å². The average Bonchev–Trinajstić information content (AvgIpc) is 3.27. The fourth-order valence-electron chi connectivity index (χ4n) is 3.30. The van der Waals surface area contributed by atoms with Gasteiger partial charge in [0, 0.05) is 18.0 Å². The molecule has 5 heteroatoms. The normalized spacial score (nSPS) is 18.5. The molecule has 3 aromatic rings. The molecule has 1 aliphatic rings. The lowest BCUT2D eigenvalue weighted by molar-refractivity contribution is -0.105. The Bertz CT molecular complexity index is 887. The summed E-state index contributed by atoms with van der Waals surface area (Å²) in [6.07, 6.45) is 3.97. The fraction of sp³-hybridized carbons (Fsp3) is 0.409. The number of aromatic amines is 1. The van der Waals surface area contributed by atoms with Gasteiger partial charge in [0.05, 0.1) is 21.7 Å². The quantitative estimate of drug-likeness (QED) is 0.529.